The summed E-state index contributed by atoms with van der Waals surface area (Å²) in [4.78, 5) is 39.9. The Morgan fingerprint density at radius 2 is 1.77 bits per heavy atom. The number of carbonyl (C=O) groups is 3. The molecule has 0 radical (unpaired) electrons. The molecule has 0 atom stereocenters. The van der Waals surface area contributed by atoms with E-state index in [0.29, 0.717) is 16.9 Å². The number of ether oxygens (including phenoxy) is 2. The van der Waals surface area contributed by atoms with E-state index in [4.69, 9.17) is 9.47 Å². The number of H-pyrrole nitrogens is 1. The van der Waals surface area contributed by atoms with Crippen LogP contribution in [0.3, 0.4) is 0 Å². The zero-order valence-electron chi connectivity index (χ0n) is 13.8. The van der Waals surface area contributed by atoms with Gasteiger partial charge in [0.15, 0.2) is 17.3 Å². The van der Waals surface area contributed by atoms with Crippen LogP contribution >= 0.6 is 0 Å². The number of nitrogens with one attached hydrogen (secondary N) is 2. The van der Waals surface area contributed by atoms with Gasteiger partial charge in [0.2, 0.25) is 6.79 Å². The van der Waals surface area contributed by atoms with Crippen molar-refractivity contribution in [2.24, 2.45) is 0 Å². The van der Waals surface area contributed by atoms with Gasteiger partial charge in [-0.05, 0) is 19.1 Å². The van der Waals surface area contributed by atoms with E-state index in [1.165, 1.54) is 25.3 Å². The Morgan fingerprint density at radius 3 is 2.54 bits per heavy atom. The van der Waals surface area contributed by atoms with Gasteiger partial charge in [-0.2, -0.15) is 0 Å². The number of anilines is 1. The summed E-state index contributed by atoms with van der Waals surface area (Å²) in [5.74, 6) is -0.968. The highest BCUT2D eigenvalue weighted by Gasteiger charge is 2.24. The number of hydrogen-bond acceptors (Lipinski definition) is 5. The molecule has 1 aliphatic rings. The van der Waals surface area contributed by atoms with E-state index in [1.54, 1.807) is 12.1 Å². The number of rotatable bonds is 4. The minimum absolute atomic E-state index is 0.0400. The average molecular weight is 350 g/mol. The lowest BCUT2D eigenvalue weighted by Gasteiger charge is -2.10. The number of Topliss-reactive ketones (excluding diaryl/α,β-unsaturated/α-hetero) is 2. The Kier molecular flexibility index (Phi) is 3.69. The van der Waals surface area contributed by atoms with Crippen molar-refractivity contribution in [3.05, 3.63) is 53.7 Å². The first-order chi connectivity index (χ1) is 12.5. The molecular formula is C19H14N2O5. The summed E-state index contributed by atoms with van der Waals surface area (Å²) in [7, 11) is 0. The number of amides is 1. The highest BCUT2D eigenvalue weighted by atomic mass is 16.7. The molecule has 3 aromatic rings. The van der Waals surface area contributed by atoms with Crippen LogP contribution in [0.2, 0.25) is 0 Å². The van der Waals surface area contributed by atoms with Gasteiger partial charge in [0.25, 0.3) is 11.7 Å². The highest BCUT2D eigenvalue weighted by Crippen LogP contribution is 2.37. The maximum Gasteiger partial charge on any atom is 0.296 e. The molecule has 7 nitrogen and oxygen atoms in total. The number of aromatic amines is 1. The molecule has 0 saturated carbocycles. The van der Waals surface area contributed by atoms with Gasteiger partial charge in [-0.25, -0.2) is 0 Å². The second kappa shape index (κ2) is 6.03. The molecule has 0 spiro atoms. The fourth-order valence-electron chi connectivity index (χ4n) is 2.90. The standard InChI is InChI=1S/C19H14N2O5/c1-10(22)12-6-16-17(26-9-25-16)7-15(12)21-19(24)18(23)13-8-20-14-5-3-2-4-11(13)14/h2-8,20H,9H2,1H3,(H,21,24). The van der Waals surface area contributed by atoms with Crippen molar-refractivity contribution in [2.45, 2.75) is 6.92 Å². The van der Waals surface area contributed by atoms with Gasteiger partial charge in [-0.1, -0.05) is 18.2 Å². The molecular weight excluding hydrogens is 336 g/mol. The fourth-order valence-corrected chi connectivity index (χ4v) is 2.90. The molecule has 26 heavy (non-hydrogen) atoms. The lowest BCUT2D eigenvalue weighted by molar-refractivity contribution is -0.112. The average Bonchev–Trinajstić information content (AvgIpc) is 3.26. The third-order valence-electron chi connectivity index (χ3n) is 4.18. The number of aromatic nitrogens is 1. The lowest BCUT2D eigenvalue weighted by atomic mass is 10.1. The van der Waals surface area contributed by atoms with Crippen molar-refractivity contribution >= 4 is 34.1 Å². The summed E-state index contributed by atoms with van der Waals surface area (Å²) in [6.45, 7) is 1.41. The minimum Gasteiger partial charge on any atom is -0.454 e. The smallest absolute Gasteiger partial charge is 0.296 e. The van der Waals surface area contributed by atoms with Crippen LogP contribution in [0.15, 0.2) is 42.6 Å². The largest absolute Gasteiger partial charge is 0.454 e. The molecule has 0 bridgehead atoms. The van der Waals surface area contributed by atoms with Crippen molar-refractivity contribution < 1.29 is 23.9 Å². The number of benzene rings is 2. The molecule has 2 N–H and O–H groups in total. The molecule has 7 heteroatoms. The van der Waals surface area contributed by atoms with Crippen LogP contribution in [-0.4, -0.2) is 29.3 Å². The van der Waals surface area contributed by atoms with Gasteiger partial charge in [-0.15, -0.1) is 0 Å². The molecule has 0 aliphatic carbocycles. The van der Waals surface area contributed by atoms with Crippen LogP contribution in [0.4, 0.5) is 5.69 Å². The topological polar surface area (TPSA) is 97.5 Å². The summed E-state index contributed by atoms with van der Waals surface area (Å²) in [6.07, 6.45) is 1.50. The Bertz CT molecular complexity index is 1070. The lowest BCUT2D eigenvalue weighted by Crippen LogP contribution is -2.23. The highest BCUT2D eigenvalue weighted by molar-refractivity contribution is 6.48. The van der Waals surface area contributed by atoms with Crippen molar-refractivity contribution in [3.8, 4) is 11.5 Å². The van der Waals surface area contributed by atoms with Crippen LogP contribution in [0, 0.1) is 0 Å². The van der Waals surface area contributed by atoms with E-state index in [1.807, 2.05) is 12.1 Å². The van der Waals surface area contributed by atoms with E-state index in [-0.39, 0.29) is 29.4 Å². The summed E-state index contributed by atoms with van der Waals surface area (Å²) in [5.41, 5.74) is 1.48. The molecule has 0 unspecified atom stereocenters. The van der Waals surface area contributed by atoms with Crippen molar-refractivity contribution in [2.75, 3.05) is 12.1 Å². The zero-order chi connectivity index (χ0) is 18.3. The second-order valence-corrected chi connectivity index (χ2v) is 5.84. The third-order valence-corrected chi connectivity index (χ3v) is 4.18. The van der Waals surface area contributed by atoms with Gasteiger partial charge in [0.05, 0.1) is 11.3 Å². The SMILES string of the molecule is CC(=O)c1cc2c(cc1NC(=O)C(=O)c1c[nH]c3ccccc13)OCO2. The molecule has 0 saturated heterocycles. The summed E-state index contributed by atoms with van der Waals surface area (Å²) < 4.78 is 10.5. The van der Waals surface area contributed by atoms with Gasteiger partial charge < -0.3 is 19.8 Å². The Morgan fingerprint density at radius 1 is 1.04 bits per heavy atom. The van der Waals surface area contributed by atoms with Crippen LogP contribution in [0.25, 0.3) is 10.9 Å². The Balaban J connectivity index is 1.66. The maximum absolute atomic E-state index is 12.6. The molecule has 1 aliphatic heterocycles. The van der Waals surface area contributed by atoms with E-state index < -0.39 is 11.7 Å². The number of para-hydroxylation sites is 1. The van der Waals surface area contributed by atoms with Crippen LogP contribution < -0.4 is 14.8 Å². The van der Waals surface area contributed by atoms with E-state index in [2.05, 4.69) is 10.3 Å². The molecule has 2 heterocycles. The Hall–Kier alpha value is -3.61. The van der Waals surface area contributed by atoms with Crippen molar-refractivity contribution in [1.29, 1.82) is 0 Å². The normalized spacial score (nSPS) is 12.2. The van der Waals surface area contributed by atoms with Crippen molar-refractivity contribution in [1.82, 2.24) is 4.98 Å². The minimum atomic E-state index is -0.837. The van der Waals surface area contributed by atoms with Crippen molar-refractivity contribution in [3.63, 3.8) is 0 Å². The van der Waals surface area contributed by atoms with Gasteiger partial charge >= 0.3 is 0 Å². The summed E-state index contributed by atoms with van der Waals surface area (Å²) in [6, 6.07) is 10.2. The molecule has 130 valence electrons. The van der Waals surface area contributed by atoms with Gasteiger partial charge in [0, 0.05) is 28.7 Å². The predicted molar refractivity (Wildman–Crippen MR) is 93.8 cm³/mol. The monoisotopic (exact) mass is 350 g/mol. The first-order valence-corrected chi connectivity index (χ1v) is 7.91. The maximum atomic E-state index is 12.6. The fraction of sp³-hybridized carbons (Fsp3) is 0.105. The van der Waals surface area contributed by atoms with Crippen LogP contribution in [0.1, 0.15) is 27.6 Å². The first kappa shape index (κ1) is 15.9. The summed E-state index contributed by atoms with van der Waals surface area (Å²) in [5, 5.41) is 3.17. The first-order valence-electron chi connectivity index (χ1n) is 7.91. The van der Waals surface area contributed by atoms with E-state index in [0.717, 1.165) is 5.52 Å². The number of carbonyl (C=O) groups excluding carboxylic acids is 3. The molecule has 1 amide bonds. The molecule has 1 aromatic heterocycles. The quantitative estimate of drug-likeness (QED) is 0.557. The Labute approximate surface area is 147 Å². The third kappa shape index (κ3) is 2.59. The van der Waals surface area contributed by atoms with E-state index >= 15 is 0 Å². The van der Waals surface area contributed by atoms with Crippen LogP contribution in [0.5, 0.6) is 11.5 Å². The molecule has 4 rings (SSSR count). The molecule has 2 aromatic carbocycles. The number of hydrogen-bond donors (Lipinski definition) is 2. The van der Waals surface area contributed by atoms with Gasteiger partial charge in [-0.3, -0.25) is 14.4 Å². The zero-order valence-corrected chi connectivity index (χ0v) is 13.8. The van der Waals surface area contributed by atoms with Gasteiger partial charge in [0.1, 0.15) is 0 Å². The van der Waals surface area contributed by atoms with E-state index in [9.17, 15) is 14.4 Å². The second-order valence-electron chi connectivity index (χ2n) is 5.84. The number of ketones is 2. The van der Waals surface area contributed by atoms with Crippen LogP contribution in [-0.2, 0) is 4.79 Å². The number of fused-ring (bicyclic) bond motifs is 2. The molecule has 0 fully saturated rings. The summed E-state index contributed by atoms with van der Waals surface area (Å²) >= 11 is 0. The predicted octanol–water partition coefficient (Wildman–Crippen LogP) is 2.92.